The molecule has 0 atom stereocenters. The van der Waals surface area contributed by atoms with Gasteiger partial charge in [0.15, 0.2) is 0 Å². The average molecular weight is 312 g/mol. The van der Waals surface area contributed by atoms with E-state index in [1.807, 2.05) is 6.92 Å². The molecule has 1 aromatic rings. The molecule has 0 aromatic heterocycles. The number of hydrogen-bond acceptors (Lipinski definition) is 4. The number of aryl methyl sites for hydroxylation is 1. The van der Waals surface area contributed by atoms with Gasteiger partial charge in [-0.15, -0.1) is 0 Å². The van der Waals surface area contributed by atoms with Gasteiger partial charge in [-0.25, -0.2) is 8.42 Å². The van der Waals surface area contributed by atoms with Crippen LogP contribution in [0, 0.1) is 6.92 Å². The number of rotatable bonds is 3. The molecule has 21 heavy (non-hydrogen) atoms. The molecule has 1 aromatic carbocycles. The normalized spacial score (nSPS) is 17.2. The molecule has 0 bridgehead atoms. The van der Waals surface area contributed by atoms with Gasteiger partial charge >= 0.3 is 0 Å². The number of anilines is 1. The van der Waals surface area contributed by atoms with E-state index in [9.17, 15) is 13.2 Å². The molecule has 116 valence electrons. The predicted molar refractivity (Wildman–Crippen MR) is 79.2 cm³/mol. The minimum Gasteiger partial charge on any atom is -0.326 e. The molecule has 0 saturated carbocycles. The maximum atomic E-state index is 12.6. The van der Waals surface area contributed by atoms with Crippen molar-refractivity contribution < 1.29 is 18.0 Å². The van der Waals surface area contributed by atoms with Gasteiger partial charge in [0.1, 0.15) is 0 Å². The van der Waals surface area contributed by atoms with Crippen LogP contribution in [0.15, 0.2) is 23.1 Å². The van der Waals surface area contributed by atoms with E-state index >= 15 is 0 Å². The highest BCUT2D eigenvalue weighted by molar-refractivity contribution is 7.89. The lowest BCUT2D eigenvalue weighted by Crippen LogP contribution is -2.31. The van der Waals surface area contributed by atoms with Gasteiger partial charge in [-0.3, -0.25) is 9.63 Å². The molecular weight excluding hydrogens is 292 g/mol. The van der Waals surface area contributed by atoms with E-state index in [0.717, 1.165) is 29.3 Å². The number of hydrogen-bond donors (Lipinski definition) is 1. The summed E-state index contributed by atoms with van der Waals surface area (Å²) in [6, 6.07) is 4.68. The highest BCUT2D eigenvalue weighted by Crippen LogP contribution is 2.24. The average Bonchev–Trinajstić information content (AvgIpc) is 2.70. The van der Waals surface area contributed by atoms with Crippen molar-refractivity contribution in [2.45, 2.75) is 38.0 Å². The smallest absolute Gasteiger partial charge is 0.265 e. The number of benzene rings is 1. The third-order valence-corrected chi connectivity index (χ3v) is 4.98. The number of hydroxylamine groups is 1. The van der Waals surface area contributed by atoms with Gasteiger partial charge in [-0.1, -0.05) is 10.5 Å². The Balaban J connectivity index is 2.33. The Labute approximate surface area is 125 Å². The van der Waals surface area contributed by atoms with Crippen molar-refractivity contribution in [1.29, 1.82) is 0 Å². The fourth-order valence-electron chi connectivity index (χ4n) is 2.14. The maximum Gasteiger partial charge on any atom is 0.265 e. The summed E-state index contributed by atoms with van der Waals surface area (Å²) in [5, 5.41) is 2.64. The standard InChI is InChI=1S/C14H20N2O4S/c1-11-6-7-13(10-14(11)15-12(2)17)21(18,19)16-8-4-3-5-9-20-16/h6-7,10H,3-5,8-9H2,1-2H3,(H,15,17). The van der Waals surface area contributed by atoms with Crippen molar-refractivity contribution >= 4 is 21.6 Å². The van der Waals surface area contributed by atoms with E-state index in [4.69, 9.17) is 4.84 Å². The van der Waals surface area contributed by atoms with Crippen LogP contribution in [0.4, 0.5) is 5.69 Å². The zero-order valence-corrected chi connectivity index (χ0v) is 13.1. The molecule has 0 radical (unpaired) electrons. The topological polar surface area (TPSA) is 75.7 Å². The molecule has 1 N–H and O–H groups in total. The van der Waals surface area contributed by atoms with Crippen molar-refractivity contribution in [3.63, 3.8) is 0 Å². The van der Waals surface area contributed by atoms with Gasteiger partial charge in [0.2, 0.25) is 5.91 Å². The number of amides is 1. The molecule has 0 spiro atoms. The number of sulfonamides is 1. The summed E-state index contributed by atoms with van der Waals surface area (Å²) in [6.45, 7) is 3.96. The van der Waals surface area contributed by atoms with Crippen molar-refractivity contribution in [3.05, 3.63) is 23.8 Å². The summed E-state index contributed by atoms with van der Waals surface area (Å²) in [4.78, 5) is 16.6. The molecule has 1 amide bonds. The minimum absolute atomic E-state index is 0.124. The van der Waals surface area contributed by atoms with Crippen LogP contribution >= 0.6 is 0 Å². The molecule has 1 saturated heterocycles. The second-order valence-electron chi connectivity index (χ2n) is 5.08. The molecule has 1 aliphatic rings. The highest BCUT2D eigenvalue weighted by atomic mass is 32.2. The van der Waals surface area contributed by atoms with Gasteiger partial charge in [-0.2, -0.15) is 0 Å². The zero-order valence-electron chi connectivity index (χ0n) is 12.3. The van der Waals surface area contributed by atoms with Crippen LogP contribution in [0.5, 0.6) is 0 Å². The quantitative estimate of drug-likeness (QED) is 0.927. The van der Waals surface area contributed by atoms with Gasteiger partial charge in [-0.05, 0) is 43.9 Å². The molecule has 2 rings (SSSR count). The molecule has 0 aliphatic carbocycles. The van der Waals surface area contributed by atoms with Crippen LogP contribution in [0.3, 0.4) is 0 Å². The Morgan fingerprint density at radius 3 is 2.76 bits per heavy atom. The van der Waals surface area contributed by atoms with E-state index in [1.165, 1.54) is 19.1 Å². The maximum absolute atomic E-state index is 12.6. The molecule has 1 heterocycles. The summed E-state index contributed by atoms with van der Waals surface area (Å²) in [5.41, 5.74) is 1.30. The van der Waals surface area contributed by atoms with Crippen LogP contribution in [-0.2, 0) is 19.7 Å². The Bertz CT molecular complexity index is 620. The minimum atomic E-state index is -3.70. The van der Waals surface area contributed by atoms with Crippen LogP contribution < -0.4 is 5.32 Å². The molecular formula is C14H20N2O4S. The third kappa shape index (κ3) is 3.81. The number of nitrogens with zero attached hydrogens (tertiary/aromatic N) is 1. The molecule has 1 fully saturated rings. The monoisotopic (exact) mass is 312 g/mol. The third-order valence-electron chi connectivity index (χ3n) is 3.31. The second kappa shape index (κ2) is 6.55. The van der Waals surface area contributed by atoms with E-state index in [2.05, 4.69) is 5.32 Å². The summed E-state index contributed by atoms with van der Waals surface area (Å²) < 4.78 is 26.2. The summed E-state index contributed by atoms with van der Waals surface area (Å²) in [5.74, 6) is -0.237. The predicted octanol–water partition coefficient (Wildman–Crippen LogP) is 2.06. The first-order valence-electron chi connectivity index (χ1n) is 6.95. The largest absolute Gasteiger partial charge is 0.326 e. The van der Waals surface area contributed by atoms with Gasteiger partial charge in [0.05, 0.1) is 11.5 Å². The Kier molecular flexibility index (Phi) is 4.97. The first-order valence-corrected chi connectivity index (χ1v) is 8.39. The Morgan fingerprint density at radius 2 is 2.05 bits per heavy atom. The SMILES string of the molecule is CC(=O)Nc1cc(S(=O)(=O)N2CCCCCO2)ccc1C. The molecule has 0 unspecified atom stereocenters. The summed E-state index contributed by atoms with van der Waals surface area (Å²) in [7, 11) is -3.70. The van der Waals surface area contributed by atoms with Gasteiger partial charge in [0.25, 0.3) is 10.0 Å². The lowest BCUT2D eigenvalue weighted by atomic mass is 10.2. The van der Waals surface area contributed by atoms with Crippen LogP contribution in [0.1, 0.15) is 31.7 Å². The van der Waals surface area contributed by atoms with Crippen LogP contribution in [-0.4, -0.2) is 31.9 Å². The fraction of sp³-hybridized carbons (Fsp3) is 0.500. The molecule has 1 aliphatic heterocycles. The van der Waals surface area contributed by atoms with Crippen molar-refractivity contribution in [1.82, 2.24) is 4.47 Å². The van der Waals surface area contributed by atoms with Crippen LogP contribution in [0.25, 0.3) is 0 Å². The van der Waals surface area contributed by atoms with Crippen molar-refractivity contribution in [3.8, 4) is 0 Å². The Morgan fingerprint density at radius 1 is 1.29 bits per heavy atom. The van der Waals surface area contributed by atoms with Gasteiger partial charge in [0, 0.05) is 19.2 Å². The summed E-state index contributed by atoms with van der Waals surface area (Å²) in [6.07, 6.45) is 2.60. The Hall–Kier alpha value is -1.44. The van der Waals surface area contributed by atoms with Crippen molar-refractivity contribution in [2.75, 3.05) is 18.5 Å². The fourth-order valence-corrected chi connectivity index (χ4v) is 3.47. The van der Waals surface area contributed by atoms with E-state index in [1.54, 1.807) is 6.07 Å². The van der Waals surface area contributed by atoms with E-state index in [0.29, 0.717) is 18.8 Å². The lowest BCUT2D eigenvalue weighted by Gasteiger charge is -2.20. The first kappa shape index (κ1) is 15.9. The number of carbonyl (C=O) groups excluding carboxylic acids is 1. The summed E-state index contributed by atoms with van der Waals surface area (Å²) >= 11 is 0. The van der Waals surface area contributed by atoms with E-state index in [-0.39, 0.29) is 10.8 Å². The molecule has 6 nitrogen and oxygen atoms in total. The number of nitrogens with one attached hydrogen (secondary N) is 1. The van der Waals surface area contributed by atoms with E-state index < -0.39 is 10.0 Å². The number of carbonyl (C=O) groups is 1. The lowest BCUT2D eigenvalue weighted by molar-refractivity contribution is -0.114. The van der Waals surface area contributed by atoms with Crippen LogP contribution in [0.2, 0.25) is 0 Å². The van der Waals surface area contributed by atoms with Gasteiger partial charge < -0.3 is 5.32 Å². The molecule has 7 heteroatoms. The highest BCUT2D eigenvalue weighted by Gasteiger charge is 2.27. The zero-order chi connectivity index (χ0) is 15.5. The second-order valence-corrected chi connectivity index (χ2v) is 6.91. The first-order chi connectivity index (χ1) is 9.91. The van der Waals surface area contributed by atoms with Crippen molar-refractivity contribution in [2.24, 2.45) is 0 Å².